The van der Waals surface area contributed by atoms with E-state index in [1.165, 1.54) is 17.3 Å². The van der Waals surface area contributed by atoms with Crippen molar-refractivity contribution in [3.8, 4) is 0 Å². The molecule has 0 radical (unpaired) electrons. The van der Waals surface area contributed by atoms with Crippen LogP contribution in [0.15, 0.2) is 23.4 Å². The van der Waals surface area contributed by atoms with Crippen molar-refractivity contribution in [1.82, 2.24) is 9.97 Å². The lowest BCUT2D eigenvalue weighted by molar-refractivity contribution is 0.0551. The molecule has 1 aromatic carbocycles. The number of imidazole rings is 1. The summed E-state index contributed by atoms with van der Waals surface area (Å²) in [6.07, 6.45) is -0.454. The SMILES string of the molecule is CCOCC(O)CSc1nc2ccc(C)cc2[nH]1. The zero-order valence-electron chi connectivity index (χ0n) is 10.6. The van der Waals surface area contributed by atoms with E-state index in [4.69, 9.17) is 4.74 Å². The molecule has 98 valence electrons. The van der Waals surface area contributed by atoms with E-state index in [-0.39, 0.29) is 0 Å². The van der Waals surface area contributed by atoms with E-state index in [0.717, 1.165) is 16.2 Å². The number of aliphatic hydroxyl groups is 1. The normalized spacial score (nSPS) is 13.1. The number of hydrogen-bond acceptors (Lipinski definition) is 4. The van der Waals surface area contributed by atoms with E-state index in [9.17, 15) is 5.11 Å². The molecule has 0 spiro atoms. The molecule has 0 aliphatic carbocycles. The van der Waals surface area contributed by atoms with Gasteiger partial charge < -0.3 is 14.8 Å². The van der Waals surface area contributed by atoms with Gasteiger partial charge in [-0.25, -0.2) is 4.98 Å². The summed E-state index contributed by atoms with van der Waals surface area (Å²) in [5.41, 5.74) is 3.21. The van der Waals surface area contributed by atoms with Gasteiger partial charge in [-0.3, -0.25) is 0 Å². The molecule has 0 aliphatic rings. The molecule has 1 aromatic heterocycles. The van der Waals surface area contributed by atoms with Crippen molar-refractivity contribution in [3.05, 3.63) is 23.8 Å². The standard InChI is InChI=1S/C13H18N2O2S/c1-3-17-7-10(16)8-18-13-14-11-5-4-9(2)6-12(11)15-13/h4-6,10,16H,3,7-8H2,1-2H3,(H,14,15). The van der Waals surface area contributed by atoms with Gasteiger partial charge in [0, 0.05) is 12.4 Å². The van der Waals surface area contributed by atoms with Crippen molar-refractivity contribution in [2.45, 2.75) is 25.1 Å². The van der Waals surface area contributed by atoms with Gasteiger partial charge in [0.25, 0.3) is 0 Å². The highest BCUT2D eigenvalue weighted by Gasteiger charge is 2.08. The monoisotopic (exact) mass is 266 g/mol. The van der Waals surface area contributed by atoms with Crippen molar-refractivity contribution < 1.29 is 9.84 Å². The maximum Gasteiger partial charge on any atom is 0.166 e. The summed E-state index contributed by atoms with van der Waals surface area (Å²) in [5.74, 6) is 0.582. The Labute approximate surface area is 111 Å². The fourth-order valence-electron chi connectivity index (χ4n) is 1.65. The van der Waals surface area contributed by atoms with Crippen LogP contribution in [0, 0.1) is 6.92 Å². The van der Waals surface area contributed by atoms with Crippen molar-refractivity contribution in [3.63, 3.8) is 0 Å². The number of nitrogens with one attached hydrogen (secondary N) is 1. The van der Waals surface area contributed by atoms with Gasteiger partial charge in [-0.15, -0.1) is 0 Å². The topological polar surface area (TPSA) is 58.1 Å². The van der Waals surface area contributed by atoms with E-state index in [1.54, 1.807) is 0 Å². The number of thioether (sulfide) groups is 1. The lowest BCUT2D eigenvalue weighted by atomic mass is 10.2. The van der Waals surface area contributed by atoms with Gasteiger partial charge in [0.1, 0.15) is 0 Å². The largest absolute Gasteiger partial charge is 0.390 e. The van der Waals surface area contributed by atoms with E-state index >= 15 is 0 Å². The van der Waals surface area contributed by atoms with Gasteiger partial charge in [-0.1, -0.05) is 17.8 Å². The predicted molar refractivity (Wildman–Crippen MR) is 74.1 cm³/mol. The number of aromatic amines is 1. The number of aryl methyl sites for hydroxylation is 1. The molecule has 0 saturated carbocycles. The Kier molecular flexibility index (Phi) is 4.63. The summed E-state index contributed by atoms with van der Waals surface area (Å²) in [7, 11) is 0. The van der Waals surface area contributed by atoms with Crippen molar-refractivity contribution >= 4 is 22.8 Å². The molecule has 0 aliphatic heterocycles. The third-order valence-electron chi connectivity index (χ3n) is 2.54. The van der Waals surface area contributed by atoms with E-state index in [1.807, 2.05) is 19.1 Å². The molecule has 4 nitrogen and oxygen atoms in total. The van der Waals surface area contributed by atoms with Crippen LogP contribution in [0.5, 0.6) is 0 Å². The highest BCUT2D eigenvalue weighted by molar-refractivity contribution is 7.99. The Bertz CT molecular complexity index is 513. The Morgan fingerprint density at radius 1 is 1.50 bits per heavy atom. The molecule has 1 unspecified atom stereocenters. The first-order valence-corrected chi connectivity index (χ1v) is 7.02. The van der Waals surface area contributed by atoms with Crippen molar-refractivity contribution in [1.29, 1.82) is 0 Å². The van der Waals surface area contributed by atoms with Gasteiger partial charge in [-0.05, 0) is 31.5 Å². The van der Waals surface area contributed by atoms with Crippen LogP contribution >= 0.6 is 11.8 Å². The number of aliphatic hydroxyl groups excluding tert-OH is 1. The number of rotatable bonds is 6. The van der Waals surface area contributed by atoms with Crippen LogP contribution in [0.1, 0.15) is 12.5 Å². The number of benzene rings is 1. The van der Waals surface area contributed by atoms with E-state index in [0.29, 0.717) is 19.0 Å². The number of fused-ring (bicyclic) bond motifs is 1. The fraction of sp³-hybridized carbons (Fsp3) is 0.462. The molecule has 0 fully saturated rings. The molecular formula is C13H18N2O2S. The van der Waals surface area contributed by atoms with Crippen LogP contribution < -0.4 is 0 Å². The maximum absolute atomic E-state index is 9.67. The minimum atomic E-state index is -0.454. The van der Waals surface area contributed by atoms with Gasteiger partial charge >= 0.3 is 0 Å². The molecule has 0 bridgehead atoms. The molecule has 2 N–H and O–H groups in total. The van der Waals surface area contributed by atoms with Crippen LogP contribution in [0.2, 0.25) is 0 Å². The first-order valence-electron chi connectivity index (χ1n) is 6.04. The predicted octanol–water partition coefficient (Wildman–Crippen LogP) is 2.36. The summed E-state index contributed by atoms with van der Waals surface area (Å²) in [4.78, 5) is 7.71. The van der Waals surface area contributed by atoms with Gasteiger partial charge in [0.2, 0.25) is 0 Å². The molecule has 18 heavy (non-hydrogen) atoms. The fourth-order valence-corrected chi connectivity index (χ4v) is 2.44. The van der Waals surface area contributed by atoms with Crippen molar-refractivity contribution in [2.24, 2.45) is 0 Å². The molecule has 0 amide bonds. The second-order valence-corrected chi connectivity index (χ2v) is 5.20. The zero-order valence-corrected chi connectivity index (χ0v) is 11.5. The molecule has 1 heterocycles. The first kappa shape index (κ1) is 13.4. The average Bonchev–Trinajstić information content (AvgIpc) is 2.75. The maximum atomic E-state index is 9.67. The van der Waals surface area contributed by atoms with Gasteiger partial charge in [0.05, 0.1) is 23.7 Å². The number of aromatic nitrogens is 2. The highest BCUT2D eigenvalue weighted by atomic mass is 32.2. The number of nitrogens with zero attached hydrogens (tertiary/aromatic N) is 1. The van der Waals surface area contributed by atoms with Crippen LogP contribution in [-0.2, 0) is 4.74 Å². The minimum Gasteiger partial charge on any atom is -0.390 e. The quantitative estimate of drug-likeness (QED) is 0.788. The number of ether oxygens (including phenoxy) is 1. The molecule has 2 rings (SSSR count). The first-order chi connectivity index (χ1) is 8.69. The third kappa shape index (κ3) is 3.48. The third-order valence-corrected chi connectivity index (χ3v) is 3.56. The smallest absolute Gasteiger partial charge is 0.166 e. The van der Waals surface area contributed by atoms with E-state index in [2.05, 4.69) is 23.0 Å². The second-order valence-electron chi connectivity index (χ2n) is 4.19. The Hall–Kier alpha value is -1.04. The molecule has 0 saturated heterocycles. The molecule has 2 aromatic rings. The summed E-state index contributed by atoms with van der Waals surface area (Å²) >= 11 is 1.51. The highest BCUT2D eigenvalue weighted by Crippen LogP contribution is 2.20. The summed E-state index contributed by atoms with van der Waals surface area (Å²) in [6.45, 7) is 4.98. The molecule has 1 atom stereocenters. The van der Waals surface area contributed by atoms with Crippen LogP contribution in [0.4, 0.5) is 0 Å². The van der Waals surface area contributed by atoms with Crippen LogP contribution in [-0.4, -0.2) is 40.1 Å². The second kappa shape index (κ2) is 6.22. The Balaban J connectivity index is 1.95. The number of H-pyrrole nitrogens is 1. The number of hydrogen-bond donors (Lipinski definition) is 2. The lowest BCUT2D eigenvalue weighted by Crippen LogP contribution is -2.17. The Morgan fingerprint density at radius 2 is 2.33 bits per heavy atom. The molecular weight excluding hydrogens is 248 g/mol. The Morgan fingerprint density at radius 3 is 3.11 bits per heavy atom. The van der Waals surface area contributed by atoms with Gasteiger partial charge in [-0.2, -0.15) is 0 Å². The minimum absolute atomic E-state index is 0.378. The van der Waals surface area contributed by atoms with Crippen LogP contribution in [0.3, 0.4) is 0 Å². The van der Waals surface area contributed by atoms with E-state index < -0.39 is 6.10 Å². The summed E-state index contributed by atoms with van der Waals surface area (Å²) in [6, 6.07) is 6.12. The average molecular weight is 266 g/mol. The summed E-state index contributed by atoms with van der Waals surface area (Å²) < 4.78 is 5.16. The lowest BCUT2D eigenvalue weighted by Gasteiger charge is -2.08. The van der Waals surface area contributed by atoms with Crippen LogP contribution in [0.25, 0.3) is 11.0 Å². The summed E-state index contributed by atoms with van der Waals surface area (Å²) in [5, 5.41) is 10.5. The van der Waals surface area contributed by atoms with Gasteiger partial charge in [0.15, 0.2) is 5.16 Å². The van der Waals surface area contributed by atoms with Crippen molar-refractivity contribution in [2.75, 3.05) is 19.0 Å². The molecule has 5 heteroatoms. The zero-order chi connectivity index (χ0) is 13.0.